The van der Waals surface area contributed by atoms with Crippen LogP contribution < -0.4 is 10.6 Å². The fourth-order valence-corrected chi connectivity index (χ4v) is 4.89. The van der Waals surface area contributed by atoms with Gasteiger partial charge in [-0.1, -0.05) is 85.3 Å². The lowest BCUT2D eigenvalue weighted by atomic mass is 9.79. The van der Waals surface area contributed by atoms with Crippen molar-refractivity contribution in [3.8, 4) is 0 Å². The zero-order chi connectivity index (χ0) is 23.2. The van der Waals surface area contributed by atoms with Gasteiger partial charge in [-0.3, -0.25) is 9.69 Å². The number of carbonyl (C=O) groups excluding carboxylic acids is 1. The van der Waals surface area contributed by atoms with Crippen LogP contribution in [0.5, 0.6) is 0 Å². The van der Waals surface area contributed by atoms with Crippen LogP contribution in [0.3, 0.4) is 0 Å². The number of benzene rings is 3. The molecule has 2 heterocycles. The molecule has 3 aromatic carbocycles. The van der Waals surface area contributed by atoms with Crippen molar-refractivity contribution in [1.82, 2.24) is 4.90 Å². The highest BCUT2D eigenvalue weighted by Crippen LogP contribution is 2.50. The largest absolute Gasteiger partial charge is 0.368 e. The number of carbonyl (C=O) groups is 1. The van der Waals surface area contributed by atoms with Crippen molar-refractivity contribution in [2.45, 2.75) is 38.4 Å². The average Bonchev–Trinajstić information content (AvgIpc) is 3.10. The highest BCUT2D eigenvalue weighted by Gasteiger charge is 2.64. The van der Waals surface area contributed by atoms with Gasteiger partial charge in [0, 0.05) is 0 Å². The summed E-state index contributed by atoms with van der Waals surface area (Å²) in [6.45, 7) is 6.09. The smallest absolute Gasteiger partial charge is 0.269 e. The molecule has 1 fully saturated rings. The Kier molecular flexibility index (Phi) is 4.81. The monoisotopic (exact) mass is 437 g/mol. The molecular formula is C27H27N5O. The SMILES string of the molecule is CCC1(C)N=C(N)N=C2N(c3ccc(C)cc3)C(=O)C(c3ccccc3)(c3ccccc3)N21. The van der Waals surface area contributed by atoms with Crippen LogP contribution in [-0.4, -0.2) is 28.4 Å². The molecule has 1 unspecified atom stereocenters. The van der Waals surface area contributed by atoms with Gasteiger partial charge in [-0.25, -0.2) is 9.89 Å². The summed E-state index contributed by atoms with van der Waals surface area (Å²) in [6.07, 6.45) is 0.642. The molecule has 0 spiro atoms. The number of hydrogen-bond donors (Lipinski definition) is 1. The van der Waals surface area contributed by atoms with E-state index in [2.05, 4.69) is 16.8 Å². The standard InChI is InChI=1S/C27H27N5O/c1-4-26(3)30-24(28)29-25-31(22-17-15-19(2)16-18-22)23(33)27(32(25)26,20-11-7-5-8-12-20)21-13-9-6-10-14-21/h5-18H,4H2,1-3H3,(H2,28,30). The van der Waals surface area contributed by atoms with Crippen molar-refractivity contribution >= 4 is 23.5 Å². The van der Waals surface area contributed by atoms with Crippen LogP contribution >= 0.6 is 0 Å². The number of amides is 1. The zero-order valence-corrected chi connectivity index (χ0v) is 19.1. The van der Waals surface area contributed by atoms with E-state index in [4.69, 9.17) is 10.7 Å². The Morgan fingerprint density at radius 1 is 0.879 bits per heavy atom. The maximum absolute atomic E-state index is 14.7. The van der Waals surface area contributed by atoms with Gasteiger partial charge in [0.1, 0.15) is 5.66 Å². The summed E-state index contributed by atoms with van der Waals surface area (Å²) >= 11 is 0. The van der Waals surface area contributed by atoms with Crippen molar-refractivity contribution in [2.24, 2.45) is 15.7 Å². The minimum absolute atomic E-state index is 0.105. The molecule has 6 heteroatoms. The molecule has 3 aromatic rings. The van der Waals surface area contributed by atoms with Crippen LogP contribution in [0.25, 0.3) is 0 Å². The maximum atomic E-state index is 14.7. The molecule has 2 N–H and O–H groups in total. The van der Waals surface area contributed by atoms with E-state index in [0.717, 1.165) is 22.4 Å². The topological polar surface area (TPSA) is 74.3 Å². The summed E-state index contributed by atoms with van der Waals surface area (Å²) in [4.78, 5) is 27.8. The summed E-state index contributed by atoms with van der Waals surface area (Å²) < 4.78 is 0. The first-order chi connectivity index (χ1) is 15.9. The van der Waals surface area contributed by atoms with Gasteiger partial charge in [-0.2, -0.15) is 4.99 Å². The van der Waals surface area contributed by atoms with Gasteiger partial charge in [0.15, 0.2) is 5.54 Å². The van der Waals surface area contributed by atoms with E-state index in [9.17, 15) is 4.79 Å². The van der Waals surface area contributed by atoms with E-state index in [-0.39, 0.29) is 11.9 Å². The summed E-state index contributed by atoms with van der Waals surface area (Å²) in [5.74, 6) is 0.563. The Labute approximate surface area is 194 Å². The zero-order valence-electron chi connectivity index (χ0n) is 19.1. The fourth-order valence-electron chi connectivity index (χ4n) is 4.89. The predicted molar refractivity (Wildman–Crippen MR) is 132 cm³/mol. The summed E-state index contributed by atoms with van der Waals surface area (Å²) in [5, 5.41) is 0. The quantitative estimate of drug-likeness (QED) is 0.658. The molecule has 0 aromatic heterocycles. The maximum Gasteiger partial charge on any atom is 0.269 e. The highest BCUT2D eigenvalue weighted by molar-refractivity contribution is 6.28. The van der Waals surface area contributed by atoms with E-state index >= 15 is 0 Å². The van der Waals surface area contributed by atoms with E-state index < -0.39 is 11.2 Å². The van der Waals surface area contributed by atoms with Gasteiger partial charge in [-0.15, -0.1) is 0 Å². The molecule has 0 aliphatic carbocycles. The fraction of sp³-hybridized carbons (Fsp3) is 0.222. The van der Waals surface area contributed by atoms with Crippen molar-refractivity contribution in [3.63, 3.8) is 0 Å². The van der Waals surface area contributed by atoms with Crippen LogP contribution in [0.1, 0.15) is 37.0 Å². The molecule has 166 valence electrons. The van der Waals surface area contributed by atoms with E-state index in [0.29, 0.717) is 12.4 Å². The second kappa shape index (κ2) is 7.59. The second-order valence-electron chi connectivity index (χ2n) is 8.71. The summed E-state index contributed by atoms with van der Waals surface area (Å²) in [5.41, 5.74) is 7.87. The number of hydrogen-bond acceptors (Lipinski definition) is 5. The average molecular weight is 438 g/mol. The van der Waals surface area contributed by atoms with Crippen LogP contribution in [0.15, 0.2) is 94.9 Å². The van der Waals surface area contributed by atoms with Crippen molar-refractivity contribution < 1.29 is 4.79 Å². The molecule has 6 nitrogen and oxygen atoms in total. The van der Waals surface area contributed by atoms with Gasteiger partial charge < -0.3 is 5.73 Å². The minimum Gasteiger partial charge on any atom is -0.368 e. The van der Waals surface area contributed by atoms with Gasteiger partial charge >= 0.3 is 0 Å². The van der Waals surface area contributed by atoms with E-state index in [1.807, 2.05) is 98.8 Å². The molecule has 2 aliphatic rings. The Hall–Kier alpha value is -3.93. The number of nitrogens with zero attached hydrogens (tertiary/aromatic N) is 4. The van der Waals surface area contributed by atoms with E-state index in [1.54, 1.807) is 4.90 Å². The molecule has 5 rings (SSSR count). The lowest BCUT2D eigenvalue weighted by Crippen LogP contribution is -2.59. The van der Waals surface area contributed by atoms with Gasteiger partial charge in [0.2, 0.25) is 11.9 Å². The molecule has 0 saturated carbocycles. The molecule has 2 aliphatic heterocycles. The molecule has 1 atom stereocenters. The van der Waals surface area contributed by atoms with Crippen LogP contribution in [-0.2, 0) is 10.3 Å². The number of nitrogens with two attached hydrogens (primary N) is 1. The lowest BCUT2D eigenvalue weighted by molar-refractivity contribution is -0.125. The second-order valence-corrected chi connectivity index (χ2v) is 8.71. The Balaban J connectivity index is 1.88. The third-order valence-electron chi connectivity index (χ3n) is 6.64. The van der Waals surface area contributed by atoms with Gasteiger partial charge in [-0.05, 0) is 43.5 Å². The molecule has 0 bridgehead atoms. The van der Waals surface area contributed by atoms with Crippen LogP contribution in [0.2, 0.25) is 0 Å². The molecule has 0 radical (unpaired) electrons. The lowest BCUT2D eigenvalue weighted by Gasteiger charge is -2.47. The van der Waals surface area contributed by atoms with Gasteiger partial charge in [0.25, 0.3) is 5.91 Å². The van der Waals surface area contributed by atoms with Crippen molar-refractivity contribution in [3.05, 3.63) is 102 Å². The first-order valence-corrected chi connectivity index (χ1v) is 11.2. The number of rotatable bonds is 4. The minimum atomic E-state index is -1.15. The Morgan fingerprint density at radius 2 is 1.42 bits per heavy atom. The molecule has 1 amide bonds. The normalized spacial score (nSPS) is 21.5. The number of anilines is 1. The number of aryl methyl sites for hydroxylation is 1. The molecular weight excluding hydrogens is 410 g/mol. The third kappa shape index (κ3) is 2.98. The summed E-state index contributed by atoms with van der Waals surface area (Å²) in [6, 6.07) is 27.7. The number of guanidine groups is 2. The Morgan fingerprint density at radius 3 is 1.94 bits per heavy atom. The third-order valence-corrected chi connectivity index (χ3v) is 6.64. The predicted octanol–water partition coefficient (Wildman–Crippen LogP) is 4.40. The molecule has 1 saturated heterocycles. The molecule has 33 heavy (non-hydrogen) atoms. The number of aliphatic imine (C=N–C) groups is 2. The van der Waals surface area contributed by atoms with E-state index in [1.165, 1.54) is 0 Å². The van der Waals surface area contributed by atoms with Crippen LogP contribution in [0, 0.1) is 6.92 Å². The Bertz CT molecular complexity index is 1210. The van der Waals surface area contributed by atoms with Crippen LogP contribution in [0.4, 0.5) is 5.69 Å². The summed E-state index contributed by atoms with van der Waals surface area (Å²) in [7, 11) is 0. The van der Waals surface area contributed by atoms with Crippen molar-refractivity contribution in [2.75, 3.05) is 4.90 Å². The highest BCUT2D eigenvalue weighted by atomic mass is 16.2. The van der Waals surface area contributed by atoms with Crippen molar-refractivity contribution in [1.29, 1.82) is 0 Å². The number of fused-ring (bicyclic) bond motifs is 1. The van der Waals surface area contributed by atoms with Gasteiger partial charge in [0.05, 0.1) is 5.69 Å². The first kappa shape index (κ1) is 20.9. The first-order valence-electron chi connectivity index (χ1n) is 11.2.